The standard InChI is InChI=1S/C43H56F2N4O3/c44-36-17-15-34(16-18-36)40(50)24-23-39-42(48(43(39)52)38-21-19-37(45)20-22-38)35-13-11-33(12-14-35)32-46-41(51)10-8-6-4-2-1-3-5-7-9-28-49-29-25-47(26-30-49)27-31-49/h11-22,39-40,42,50H,1-10,23-32H2/p+1. The molecule has 4 heterocycles. The van der Waals surface area contributed by atoms with E-state index in [9.17, 15) is 23.5 Å². The zero-order valence-corrected chi connectivity index (χ0v) is 30.7. The van der Waals surface area contributed by atoms with Crippen molar-refractivity contribution >= 4 is 17.5 Å². The molecule has 280 valence electrons. The van der Waals surface area contributed by atoms with Crippen LogP contribution in [0, 0.1) is 17.6 Å². The number of carbonyl (C=O) groups is 2. The Kier molecular flexibility index (Phi) is 13.5. The number of nitrogens with one attached hydrogen (secondary N) is 1. The first kappa shape index (κ1) is 38.1. The lowest BCUT2D eigenvalue weighted by molar-refractivity contribution is -0.941. The molecule has 52 heavy (non-hydrogen) atoms. The summed E-state index contributed by atoms with van der Waals surface area (Å²) in [7, 11) is 0. The first-order valence-corrected chi connectivity index (χ1v) is 19.8. The van der Waals surface area contributed by atoms with Crippen LogP contribution in [-0.4, -0.2) is 72.1 Å². The van der Waals surface area contributed by atoms with Crippen LogP contribution < -0.4 is 10.2 Å². The number of rotatable bonds is 20. The van der Waals surface area contributed by atoms with Gasteiger partial charge in [-0.25, -0.2) is 8.78 Å². The molecule has 3 aromatic rings. The molecule has 3 atom stereocenters. The van der Waals surface area contributed by atoms with Gasteiger partial charge >= 0.3 is 0 Å². The second-order valence-electron chi connectivity index (χ2n) is 15.4. The monoisotopic (exact) mass is 715 g/mol. The van der Waals surface area contributed by atoms with E-state index in [0.29, 0.717) is 37.1 Å². The Morgan fingerprint density at radius 1 is 0.769 bits per heavy atom. The number of piperazine rings is 3. The Balaban J connectivity index is 0.882. The van der Waals surface area contributed by atoms with Gasteiger partial charge in [-0.3, -0.25) is 14.5 Å². The topological polar surface area (TPSA) is 72.9 Å². The summed E-state index contributed by atoms with van der Waals surface area (Å²) in [6, 6.07) is 19.3. The average Bonchev–Trinajstić information content (AvgIpc) is 3.17. The van der Waals surface area contributed by atoms with Gasteiger partial charge in [0.2, 0.25) is 11.8 Å². The number of quaternary nitrogens is 1. The van der Waals surface area contributed by atoms with Crippen molar-refractivity contribution < 1.29 is 28.0 Å². The number of β-lactam (4-membered cyclic amide) rings is 1. The molecule has 3 unspecified atom stereocenters. The number of halogens is 2. The number of unbranched alkanes of at least 4 members (excludes halogenated alkanes) is 8. The molecular weight excluding hydrogens is 658 g/mol. The fourth-order valence-electron chi connectivity index (χ4n) is 8.45. The minimum Gasteiger partial charge on any atom is -0.388 e. The first-order chi connectivity index (χ1) is 25.3. The number of anilines is 1. The highest BCUT2D eigenvalue weighted by Gasteiger charge is 2.48. The normalized spacial score (nSPS) is 23.0. The summed E-state index contributed by atoms with van der Waals surface area (Å²) in [4.78, 5) is 30.3. The summed E-state index contributed by atoms with van der Waals surface area (Å²) in [5.74, 6) is -1.12. The van der Waals surface area contributed by atoms with E-state index in [1.165, 1.54) is 120 Å². The maximum atomic E-state index is 13.7. The van der Waals surface area contributed by atoms with Crippen LogP contribution in [0.4, 0.5) is 14.5 Å². The highest BCUT2D eigenvalue weighted by molar-refractivity contribution is 6.03. The van der Waals surface area contributed by atoms with Gasteiger partial charge in [-0.1, -0.05) is 74.9 Å². The fraction of sp³-hybridized carbons (Fsp3) is 0.535. The van der Waals surface area contributed by atoms with Crippen LogP contribution in [0.1, 0.15) is 106 Å². The van der Waals surface area contributed by atoms with E-state index < -0.39 is 6.10 Å². The van der Waals surface area contributed by atoms with Crippen LogP contribution in [-0.2, 0) is 16.1 Å². The van der Waals surface area contributed by atoms with Gasteiger partial charge in [0.15, 0.2) is 0 Å². The molecule has 4 aliphatic rings. The van der Waals surface area contributed by atoms with Gasteiger partial charge < -0.3 is 19.8 Å². The summed E-state index contributed by atoms with van der Waals surface area (Å²) in [5.41, 5.74) is 3.13. The molecular formula is C43H57F2N4O3+. The number of fused-ring (bicyclic) bond motifs is 3. The number of carbonyl (C=O) groups excluding carboxylic acids is 2. The van der Waals surface area contributed by atoms with Crippen molar-refractivity contribution in [2.75, 3.05) is 50.7 Å². The van der Waals surface area contributed by atoms with Gasteiger partial charge in [-0.15, -0.1) is 0 Å². The van der Waals surface area contributed by atoms with Crippen molar-refractivity contribution in [3.8, 4) is 0 Å². The molecule has 0 aromatic heterocycles. The summed E-state index contributed by atoms with van der Waals surface area (Å²) >= 11 is 0. The first-order valence-electron chi connectivity index (χ1n) is 19.8. The van der Waals surface area contributed by atoms with Gasteiger partial charge in [0.1, 0.15) is 11.6 Å². The molecule has 4 fully saturated rings. The van der Waals surface area contributed by atoms with Crippen LogP contribution in [0.5, 0.6) is 0 Å². The van der Waals surface area contributed by atoms with E-state index in [2.05, 4.69) is 10.2 Å². The van der Waals surface area contributed by atoms with Crippen molar-refractivity contribution in [3.05, 3.63) is 101 Å². The molecule has 4 saturated heterocycles. The number of amides is 2. The molecule has 7 nitrogen and oxygen atoms in total. The van der Waals surface area contributed by atoms with Crippen LogP contribution in [0.3, 0.4) is 0 Å². The number of aliphatic hydroxyl groups excluding tert-OH is 1. The Bertz CT molecular complexity index is 1560. The third-order valence-electron chi connectivity index (χ3n) is 11.8. The summed E-state index contributed by atoms with van der Waals surface area (Å²) in [5, 5.41) is 13.8. The SMILES string of the molecule is O=C(CCCCCCCCCCC[N+]12CCN(CC1)CC2)NCc1ccc(C2C(CCC(O)c3ccc(F)cc3)C(=O)N2c2ccc(F)cc2)cc1. The van der Waals surface area contributed by atoms with Gasteiger partial charge in [0, 0.05) is 38.3 Å². The molecule has 0 spiro atoms. The van der Waals surface area contributed by atoms with Gasteiger partial charge in [0.25, 0.3) is 0 Å². The van der Waals surface area contributed by atoms with E-state index in [1.807, 2.05) is 24.3 Å². The van der Waals surface area contributed by atoms with Crippen molar-refractivity contribution in [1.29, 1.82) is 0 Å². The molecule has 3 aromatic carbocycles. The van der Waals surface area contributed by atoms with Gasteiger partial charge in [-0.2, -0.15) is 0 Å². The smallest absolute Gasteiger partial charge is 0.233 e. The molecule has 9 heteroatoms. The van der Waals surface area contributed by atoms with E-state index in [1.54, 1.807) is 29.2 Å². The zero-order valence-electron chi connectivity index (χ0n) is 30.7. The lowest BCUT2D eigenvalue weighted by atomic mass is 9.78. The third-order valence-corrected chi connectivity index (χ3v) is 11.8. The highest BCUT2D eigenvalue weighted by Crippen LogP contribution is 2.46. The maximum absolute atomic E-state index is 13.7. The Morgan fingerprint density at radius 3 is 1.94 bits per heavy atom. The molecule has 2 N–H and O–H groups in total. The minimum absolute atomic E-state index is 0.0671. The lowest BCUT2D eigenvalue weighted by Gasteiger charge is -2.50. The van der Waals surface area contributed by atoms with E-state index >= 15 is 0 Å². The molecule has 2 amide bonds. The molecule has 4 aliphatic heterocycles. The molecule has 2 bridgehead atoms. The average molecular weight is 716 g/mol. The number of hydrogen-bond acceptors (Lipinski definition) is 4. The van der Waals surface area contributed by atoms with Crippen LogP contribution in [0.2, 0.25) is 0 Å². The van der Waals surface area contributed by atoms with Gasteiger partial charge in [0.05, 0.1) is 44.2 Å². The quantitative estimate of drug-likeness (QED) is 0.0711. The largest absolute Gasteiger partial charge is 0.388 e. The number of aliphatic hydroxyl groups is 1. The predicted octanol–water partition coefficient (Wildman–Crippen LogP) is 7.85. The zero-order chi connectivity index (χ0) is 36.3. The Labute approximate surface area is 308 Å². The summed E-state index contributed by atoms with van der Waals surface area (Å²) < 4.78 is 28.4. The van der Waals surface area contributed by atoms with E-state index in [4.69, 9.17) is 0 Å². The number of nitrogens with zero attached hydrogens (tertiary/aromatic N) is 3. The third kappa shape index (κ3) is 10.1. The second-order valence-corrected chi connectivity index (χ2v) is 15.4. The molecule has 0 saturated carbocycles. The van der Waals surface area contributed by atoms with E-state index in [0.717, 1.165) is 24.0 Å². The Hall–Kier alpha value is -3.66. The number of benzene rings is 3. The van der Waals surface area contributed by atoms with E-state index in [-0.39, 0.29) is 35.4 Å². The summed E-state index contributed by atoms with van der Waals surface area (Å²) in [6.07, 6.45) is 11.7. The summed E-state index contributed by atoms with van der Waals surface area (Å²) in [6.45, 7) is 9.85. The number of hydrogen-bond donors (Lipinski definition) is 2. The Morgan fingerprint density at radius 2 is 1.33 bits per heavy atom. The molecule has 7 rings (SSSR count). The maximum Gasteiger partial charge on any atom is 0.233 e. The van der Waals surface area contributed by atoms with Crippen molar-refractivity contribution in [2.45, 2.75) is 95.7 Å². The lowest BCUT2D eigenvalue weighted by Crippen LogP contribution is -2.67. The second kappa shape index (κ2) is 18.4. The van der Waals surface area contributed by atoms with Crippen molar-refractivity contribution in [1.82, 2.24) is 10.2 Å². The highest BCUT2D eigenvalue weighted by atomic mass is 19.1. The van der Waals surface area contributed by atoms with Crippen LogP contribution >= 0.6 is 0 Å². The van der Waals surface area contributed by atoms with Crippen molar-refractivity contribution in [2.24, 2.45) is 5.92 Å². The minimum atomic E-state index is -0.816. The fourth-order valence-corrected chi connectivity index (χ4v) is 8.45. The van der Waals surface area contributed by atoms with Gasteiger partial charge in [-0.05, 0) is 85.2 Å². The van der Waals surface area contributed by atoms with Crippen LogP contribution in [0.25, 0.3) is 0 Å². The van der Waals surface area contributed by atoms with Crippen LogP contribution in [0.15, 0.2) is 72.8 Å². The van der Waals surface area contributed by atoms with Crippen molar-refractivity contribution in [3.63, 3.8) is 0 Å². The predicted molar refractivity (Wildman–Crippen MR) is 201 cm³/mol. The molecule has 0 aliphatic carbocycles. The molecule has 0 radical (unpaired) electrons.